The van der Waals surface area contributed by atoms with Crippen molar-refractivity contribution in [2.75, 3.05) is 17.2 Å². The van der Waals surface area contributed by atoms with Gasteiger partial charge in [0.15, 0.2) is 0 Å². The zero-order valence-electron chi connectivity index (χ0n) is 11.8. The summed E-state index contributed by atoms with van der Waals surface area (Å²) in [6.07, 6.45) is 0. The van der Waals surface area contributed by atoms with Crippen molar-refractivity contribution >= 4 is 40.5 Å². The molecule has 0 aliphatic heterocycles. The van der Waals surface area contributed by atoms with E-state index in [-0.39, 0.29) is 5.91 Å². The second-order valence-electron chi connectivity index (χ2n) is 4.66. The minimum atomic E-state index is -0.251. The normalized spacial score (nSPS) is 10.3. The highest BCUT2D eigenvalue weighted by atomic mass is 35.5. The number of benzene rings is 2. The molecule has 3 nitrogen and oxygen atoms in total. The summed E-state index contributed by atoms with van der Waals surface area (Å²) < 4.78 is 0. The standard InChI is InChI=1S/C16H16Cl2N2O/c1-3-19-14-7-5-11(17)9-12(14)16(21)20-15-6-4-10(2)8-13(15)18/h4-9,19H,3H2,1-2H3,(H,20,21). The molecule has 0 aliphatic rings. The van der Waals surface area contributed by atoms with Crippen LogP contribution in [0, 0.1) is 6.92 Å². The van der Waals surface area contributed by atoms with E-state index in [1.54, 1.807) is 30.3 Å². The lowest BCUT2D eigenvalue weighted by atomic mass is 10.1. The maximum Gasteiger partial charge on any atom is 0.257 e. The van der Waals surface area contributed by atoms with E-state index in [9.17, 15) is 4.79 Å². The predicted octanol–water partition coefficient (Wildman–Crippen LogP) is 4.99. The van der Waals surface area contributed by atoms with Gasteiger partial charge in [0.25, 0.3) is 5.91 Å². The SMILES string of the molecule is CCNc1ccc(Cl)cc1C(=O)Nc1ccc(C)cc1Cl. The average Bonchev–Trinajstić information content (AvgIpc) is 2.44. The number of halogens is 2. The van der Waals surface area contributed by atoms with Gasteiger partial charge in [0, 0.05) is 17.3 Å². The van der Waals surface area contributed by atoms with E-state index in [1.807, 2.05) is 19.9 Å². The molecule has 21 heavy (non-hydrogen) atoms. The predicted molar refractivity (Wildman–Crippen MR) is 89.8 cm³/mol. The molecular weight excluding hydrogens is 307 g/mol. The summed E-state index contributed by atoms with van der Waals surface area (Å²) in [7, 11) is 0. The molecule has 1 amide bonds. The van der Waals surface area contributed by atoms with Crippen LogP contribution in [0.4, 0.5) is 11.4 Å². The molecule has 2 N–H and O–H groups in total. The zero-order chi connectivity index (χ0) is 15.4. The number of amides is 1. The number of nitrogens with one attached hydrogen (secondary N) is 2. The molecule has 110 valence electrons. The Morgan fingerprint density at radius 3 is 2.48 bits per heavy atom. The van der Waals surface area contributed by atoms with Crippen LogP contribution in [-0.4, -0.2) is 12.5 Å². The quantitative estimate of drug-likeness (QED) is 0.832. The molecular formula is C16H16Cl2N2O. The Labute approximate surface area is 134 Å². The van der Waals surface area contributed by atoms with Gasteiger partial charge >= 0.3 is 0 Å². The highest BCUT2D eigenvalue weighted by molar-refractivity contribution is 6.34. The number of aryl methyl sites for hydroxylation is 1. The molecule has 2 aromatic rings. The summed E-state index contributed by atoms with van der Waals surface area (Å²) in [5.74, 6) is -0.251. The van der Waals surface area contributed by atoms with Crippen LogP contribution < -0.4 is 10.6 Å². The monoisotopic (exact) mass is 322 g/mol. The summed E-state index contributed by atoms with van der Waals surface area (Å²) in [4.78, 5) is 12.4. The van der Waals surface area contributed by atoms with Crippen LogP contribution >= 0.6 is 23.2 Å². The van der Waals surface area contributed by atoms with Gasteiger partial charge in [-0.25, -0.2) is 0 Å². The number of rotatable bonds is 4. The topological polar surface area (TPSA) is 41.1 Å². The Bertz CT molecular complexity index is 671. The minimum Gasteiger partial charge on any atom is -0.385 e. The fourth-order valence-corrected chi connectivity index (χ4v) is 2.41. The van der Waals surface area contributed by atoms with Crippen LogP contribution in [-0.2, 0) is 0 Å². The van der Waals surface area contributed by atoms with Crippen molar-refractivity contribution in [2.24, 2.45) is 0 Å². The molecule has 0 bridgehead atoms. The van der Waals surface area contributed by atoms with Crippen LogP contribution in [0.3, 0.4) is 0 Å². The largest absolute Gasteiger partial charge is 0.385 e. The third kappa shape index (κ3) is 3.90. The van der Waals surface area contributed by atoms with Gasteiger partial charge in [-0.3, -0.25) is 4.79 Å². The van der Waals surface area contributed by atoms with Crippen molar-refractivity contribution in [3.8, 4) is 0 Å². The van der Waals surface area contributed by atoms with E-state index in [2.05, 4.69) is 10.6 Å². The number of carbonyl (C=O) groups is 1. The Morgan fingerprint density at radius 2 is 1.81 bits per heavy atom. The molecule has 0 spiro atoms. The molecule has 0 aliphatic carbocycles. The summed E-state index contributed by atoms with van der Waals surface area (Å²) >= 11 is 12.1. The molecule has 0 atom stereocenters. The van der Waals surface area contributed by atoms with Crippen molar-refractivity contribution < 1.29 is 4.79 Å². The number of hydrogen-bond donors (Lipinski definition) is 2. The molecule has 2 rings (SSSR count). The third-order valence-electron chi connectivity index (χ3n) is 2.97. The first-order valence-corrected chi connectivity index (χ1v) is 7.37. The molecule has 2 aromatic carbocycles. The van der Waals surface area contributed by atoms with E-state index >= 15 is 0 Å². The molecule has 0 saturated carbocycles. The third-order valence-corrected chi connectivity index (χ3v) is 3.51. The number of carbonyl (C=O) groups excluding carboxylic acids is 1. The molecule has 0 heterocycles. The van der Waals surface area contributed by atoms with Crippen molar-refractivity contribution in [2.45, 2.75) is 13.8 Å². The maximum absolute atomic E-state index is 12.4. The lowest BCUT2D eigenvalue weighted by Crippen LogP contribution is -2.15. The van der Waals surface area contributed by atoms with E-state index in [4.69, 9.17) is 23.2 Å². The second-order valence-corrected chi connectivity index (χ2v) is 5.50. The van der Waals surface area contributed by atoms with Crippen molar-refractivity contribution in [1.29, 1.82) is 0 Å². The molecule has 0 unspecified atom stereocenters. The van der Waals surface area contributed by atoms with Gasteiger partial charge in [-0.05, 0) is 49.7 Å². The molecule has 0 radical (unpaired) electrons. The fourth-order valence-electron chi connectivity index (χ4n) is 1.96. The Hall–Kier alpha value is -1.71. The van der Waals surface area contributed by atoms with Crippen molar-refractivity contribution in [1.82, 2.24) is 0 Å². The van der Waals surface area contributed by atoms with Crippen molar-refractivity contribution in [3.05, 3.63) is 57.6 Å². The average molecular weight is 323 g/mol. The van der Waals surface area contributed by atoms with Gasteiger partial charge in [-0.1, -0.05) is 29.3 Å². The summed E-state index contributed by atoms with van der Waals surface area (Å²) in [6, 6.07) is 10.7. The summed E-state index contributed by atoms with van der Waals surface area (Å²) in [5, 5.41) is 6.97. The van der Waals surface area contributed by atoms with Crippen LogP contribution in [0.1, 0.15) is 22.8 Å². The van der Waals surface area contributed by atoms with Crippen molar-refractivity contribution in [3.63, 3.8) is 0 Å². The molecule has 0 aromatic heterocycles. The van der Waals surface area contributed by atoms with Gasteiger partial charge in [-0.2, -0.15) is 0 Å². The first-order valence-electron chi connectivity index (χ1n) is 6.62. The first kappa shape index (κ1) is 15.7. The smallest absolute Gasteiger partial charge is 0.257 e. The van der Waals surface area contributed by atoms with Crippen LogP contribution in [0.25, 0.3) is 0 Å². The van der Waals surface area contributed by atoms with E-state index in [0.717, 1.165) is 11.3 Å². The fraction of sp³-hybridized carbons (Fsp3) is 0.188. The summed E-state index contributed by atoms with van der Waals surface area (Å²) in [6.45, 7) is 4.62. The lowest BCUT2D eigenvalue weighted by molar-refractivity contribution is 0.102. The van der Waals surface area contributed by atoms with Gasteiger partial charge in [-0.15, -0.1) is 0 Å². The minimum absolute atomic E-state index is 0.251. The Kier molecular flexibility index (Phi) is 5.10. The lowest BCUT2D eigenvalue weighted by Gasteiger charge is -2.12. The van der Waals surface area contributed by atoms with Gasteiger partial charge in [0.1, 0.15) is 0 Å². The van der Waals surface area contributed by atoms with Gasteiger partial charge < -0.3 is 10.6 Å². The molecule has 0 fully saturated rings. The zero-order valence-corrected chi connectivity index (χ0v) is 13.3. The van der Waals surface area contributed by atoms with Gasteiger partial charge in [0.05, 0.1) is 16.3 Å². The van der Waals surface area contributed by atoms with E-state index in [0.29, 0.717) is 27.8 Å². The maximum atomic E-state index is 12.4. The highest BCUT2D eigenvalue weighted by Crippen LogP contribution is 2.26. The Balaban J connectivity index is 2.29. The van der Waals surface area contributed by atoms with Crippen LogP contribution in [0.15, 0.2) is 36.4 Å². The molecule has 5 heteroatoms. The number of anilines is 2. The summed E-state index contributed by atoms with van der Waals surface area (Å²) in [5.41, 5.74) is 2.84. The van der Waals surface area contributed by atoms with E-state index < -0.39 is 0 Å². The van der Waals surface area contributed by atoms with Crippen LogP contribution in [0.5, 0.6) is 0 Å². The highest BCUT2D eigenvalue weighted by Gasteiger charge is 2.13. The van der Waals surface area contributed by atoms with Gasteiger partial charge in [0.2, 0.25) is 0 Å². The molecule has 0 saturated heterocycles. The number of hydrogen-bond acceptors (Lipinski definition) is 2. The van der Waals surface area contributed by atoms with Crippen LogP contribution in [0.2, 0.25) is 10.0 Å². The Morgan fingerprint density at radius 1 is 1.10 bits per heavy atom. The first-order chi connectivity index (χ1) is 10.0. The van der Waals surface area contributed by atoms with E-state index in [1.165, 1.54) is 0 Å². The second kappa shape index (κ2) is 6.83.